The van der Waals surface area contributed by atoms with E-state index in [1.807, 2.05) is 12.3 Å². The molecule has 1 saturated heterocycles. The van der Waals surface area contributed by atoms with Gasteiger partial charge in [-0.2, -0.15) is 4.98 Å². The van der Waals surface area contributed by atoms with Gasteiger partial charge in [-0.15, -0.1) is 0 Å². The van der Waals surface area contributed by atoms with Crippen LogP contribution in [-0.4, -0.2) is 79.7 Å². The minimum Gasteiger partial charge on any atom is -0.354 e. The van der Waals surface area contributed by atoms with Crippen LogP contribution in [0, 0.1) is 0 Å². The first kappa shape index (κ1) is 15.0. The molecule has 1 aromatic heterocycles. The molecule has 2 heterocycles. The summed E-state index contributed by atoms with van der Waals surface area (Å²) >= 11 is 0. The van der Waals surface area contributed by atoms with Crippen molar-refractivity contribution in [3.63, 3.8) is 0 Å². The van der Waals surface area contributed by atoms with Crippen molar-refractivity contribution in [3.05, 3.63) is 12.3 Å². The van der Waals surface area contributed by atoms with Crippen molar-refractivity contribution in [1.82, 2.24) is 19.8 Å². The third-order valence-electron chi connectivity index (χ3n) is 3.63. The smallest absolute Gasteiger partial charge is 0.224 e. The normalized spacial score (nSPS) is 16.7. The van der Waals surface area contributed by atoms with E-state index >= 15 is 0 Å². The van der Waals surface area contributed by atoms with E-state index in [2.05, 4.69) is 51.0 Å². The zero-order valence-electron chi connectivity index (χ0n) is 12.8. The summed E-state index contributed by atoms with van der Waals surface area (Å²) < 4.78 is 0. The van der Waals surface area contributed by atoms with Crippen LogP contribution in [0.2, 0.25) is 0 Å². The number of nitrogens with one attached hydrogen (secondary N) is 1. The van der Waals surface area contributed by atoms with Crippen LogP contribution in [-0.2, 0) is 0 Å². The lowest BCUT2D eigenvalue weighted by Gasteiger charge is -2.34. The van der Waals surface area contributed by atoms with Crippen molar-refractivity contribution in [2.75, 3.05) is 70.1 Å². The maximum atomic E-state index is 4.61. The van der Waals surface area contributed by atoms with Crippen molar-refractivity contribution >= 4 is 11.8 Å². The lowest BCUT2D eigenvalue weighted by molar-refractivity contribution is 0.270. The van der Waals surface area contributed by atoms with Gasteiger partial charge in [-0.25, -0.2) is 4.98 Å². The van der Waals surface area contributed by atoms with Crippen LogP contribution in [0.3, 0.4) is 0 Å². The summed E-state index contributed by atoms with van der Waals surface area (Å²) in [6, 6.07) is 2.00. The van der Waals surface area contributed by atoms with Crippen molar-refractivity contribution in [1.29, 1.82) is 0 Å². The van der Waals surface area contributed by atoms with Crippen molar-refractivity contribution in [3.8, 4) is 0 Å². The molecule has 0 aliphatic carbocycles. The molecular weight excluding hydrogens is 252 g/mol. The van der Waals surface area contributed by atoms with Crippen LogP contribution in [0.15, 0.2) is 12.3 Å². The Kier molecular flexibility index (Phi) is 5.55. The number of likely N-dealkylation sites (N-methyl/N-ethyl adjacent to an activating group) is 2. The third kappa shape index (κ3) is 4.31. The molecule has 1 N–H and O–H groups in total. The van der Waals surface area contributed by atoms with Crippen LogP contribution in [0.1, 0.15) is 6.92 Å². The number of nitrogens with zero attached hydrogens (tertiary/aromatic N) is 5. The fraction of sp³-hybridized carbons (Fsp3) is 0.714. The maximum Gasteiger partial charge on any atom is 0.224 e. The van der Waals surface area contributed by atoms with Gasteiger partial charge in [0.1, 0.15) is 5.82 Å². The Labute approximate surface area is 121 Å². The fourth-order valence-corrected chi connectivity index (χ4v) is 2.29. The van der Waals surface area contributed by atoms with Gasteiger partial charge in [-0.1, -0.05) is 6.92 Å². The molecule has 2 rings (SSSR count). The Morgan fingerprint density at radius 2 is 2.00 bits per heavy atom. The van der Waals surface area contributed by atoms with E-state index in [4.69, 9.17) is 0 Å². The topological polar surface area (TPSA) is 47.5 Å². The number of rotatable bonds is 6. The van der Waals surface area contributed by atoms with Crippen LogP contribution in [0.25, 0.3) is 0 Å². The zero-order chi connectivity index (χ0) is 14.4. The van der Waals surface area contributed by atoms with Gasteiger partial charge in [0.15, 0.2) is 0 Å². The zero-order valence-corrected chi connectivity index (χ0v) is 12.8. The van der Waals surface area contributed by atoms with Crippen LogP contribution >= 0.6 is 0 Å². The lowest BCUT2D eigenvalue weighted by Crippen LogP contribution is -2.46. The Morgan fingerprint density at radius 1 is 1.25 bits per heavy atom. The van der Waals surface area contributed by atoms with Crippen LogP contribution in [0.4, 0.5) is 11.8 Å². The Hall–Kier alpha value is -1.40. The monoisotopic (exact) mass is 278 g/mol. The summed E-state index contributed by atoms with van der Waals surface area (Å²) in [5.41, 5.74) is 0. The summed E-state index contributed by atoms with van der Waals surface area (Å²) in [7, 11) is 4.12. The molecular formula is C14H26N6. The first-order chi connectivity index (χ1) is 9.69. The molecule has 0 spiro atoms. The SMILES string of the molecule is CCN1CCN(c2ccnc(NCCN(C)C)n2)CC1. The van der Waals surface area contributed by atoms with Crippen LogP contribution in [0.5, 0.6) is 0 Å². The summed E-state index contributed by atoms with van der Waals surface area (Å²) in [4.78, 5) is 15.8. The Morgan fingerprint density at radius 3 is 2.65 bits per heavy atom. The van der Waals surface area contributed by atoms with E-state index in [1.165, 1.54) is 0 Å². The fourth-order valence-electron chi connectivity index (χ4n) is 2.29. The third-order valence-corrected chi connectivity index (χ3v) is 3.63. The summed E-state index contributed by atoms with van der Waals surface area (Å²) in [6.45, 7) is 9.50. The number of piperazine rings is 1. The van der Waals surface area contributed by atoms with Crippen molar-refractivity contribution in [2.45, 2.75) is 6.92 Å². The number of hydrogen-bond acceptors (Lipinski definition) is 6. The first-order valence-corrected chi connectivity index (χ1v) is 7.38. The molecule has 0 saturated carbocycles. The molecule has 0 aromatic carbocycles. The minimum atomic E-state index is 0.724. The lowest BCUT2D eigenvalue weighted by atomic mass is 10.3. The maximum absolute atomic E-state index is 4.61. The predicted octanol–water partition coefficient (Wildman–Crippen LogP) is 0.592. The van der Waals surface area contributed by atoms with Gasteiger partial charge in [0.25, 0.3) is 0 Å². The van der Waals surface area contributed by atoms with Gasteiger partial charge < -0.3 is 20.0 Å². The average molecular weight is 278 g/mol. The molecule has 6 nitrogen and oxygen atoms in total. The Bertz CT molecular complexity index is 400. The summed E-state index contributed by atoms with van der Waals surface area (Å²) in [5, 5.41) is 3.27. The van der Waals surface area contributed by atoms with Crippen molar-refractivity contribution in [2.24, 2.45) is 0 Å². The van der Waals surface area contributed by atoms with E-state index in [0.717, 1.165) is 57.6 Å². The molecule has 0 unspecified atom stereocenters. The second-order valence-electron chi connectivity index (χ2n) is 5.39. The van der Waals surface area contributed by atoms with E-state index in [1.54, 1.807) is 0 Å². The molecule has 1 aromatic rings. The molecule has 112 valence electrons. The van der Waals surface area contributed by atoms with Gasteiger partial charge in [-0.3, -0.25) is 0 Å². The van der Waals surface area contributed by atoms with E-state index < -0.39 is 0 Å². The van der Waals surface area contributed by atoms with E-state index in [9.17, 15) is 0 Å². The molecule has 0 bridgehead atoms. The molecule has 0 amide bonds. The highest BCUT2D eigenvalue weighted by atomic mass is 15.3. The van der Waals surface area contributed by atoms with E-state index in [-0.39, 0.29) is 0 Å². The number of aromatic nitrogens is 2. The molecule has 20 heavy (non-hydrogen) atoms. The molecule has 1 aliphatic heterocycles. The molecule has 1 aliphatic rings. The average Bonchev–Trinajstić information content (AvgIpc) is 2.47. The minimum absolute atomic E-state index is 0.724. The van der Waals surface area contributed by atoms with Gasteiger partial charge in [0.2, 0.25) is 5.95 Å². The van der Waals surface area contributed by atoms with Gasteiger partial charge in [0.05, 0.1) is 0 Å². The number of anilines is 2. The highest BCUT2D eigenvalue weighted by Crippen LogP contribution is 2.14. The van der Waals surface area contributed by atoms with Crippen molar-refractivity contribution < 1.29 is 0 Å². The highest BCUT2D eigenvalue weighted by Gasteiger charge is 2.16. The van der Waals surface area contributed by atoms with Gasteiger partial charge >= 0.3 is 0 Å². The predicted molar refractivity (Wildman–Crippen MR) is 83.4 cm³/mol. The second-order valence-corrected chi connectivity index (χ2v) is 5.39. The van der Waals surface area contributed by atoms with Gasteiger partial charge in [-0.05, 0) is 26.7 Å². The largest absolute Gasteiger partial charge is 0.354 e. The quantitative estimate of drug-likeness (QED) is 0.822. The van der Waals surface area contributed by atoms with Crippen LogP contribution < -0.4 is 10.2 Å². The Balaban J connectivity index is 1.89. The van der Waals surface area contributed by atoms with E-state index in [0.29, 0.717) is 0 Å². The molecule has 1 fully saturated rings. The highest BCUT2D eigenvalue weighted by molar-refractivity contribution is 5.42. The number of hydrogen-bond donors (Lipinski definition) is 1. The van der Waals surface area contributed by atoms with Gasteiger partial charge in [0, 0.05) is 45.5 Å². The summed E-state index contributed by atoms with van der Waals surface area (Å²) in [5.74, 6) is 1.75. The molecule has 0 radical (unpaired) electrons. The second kappa shape index (κ2) is 7.40. The standard InChI is InChI=1S/C14H26N6/c1-4-19-9-11-20(12-10-19)13-5-6-15-14(17-13)16-7-8-18(2)3/h5-6H,4,7-12H2,1-3H3,(H,15,16,17). The molecule has 0 atom stereocenters. The first-order valence-electron chi connectivity index (χ1n) is 7.38. The summed E-state index contributed by atoms with van der Waals surface area (Å²) in [6.07, 6.45) is 1.84. The molecule has 6 heteroatoms.